The van der Waals surface area contributed by atoms with E-state index in [1.54, 1.807) is 0 Å². The van der Waals surface area contributed by atoms with E-state index in [2.05, 4.69) is 75.8 Å². The third-order valence-electron chi connectivity index (χ3n) is 2.35. The van der Waals surface area contributed by atoms with Gasteiger partial charge in [-0.2, -0.15) is 75.8 Å². The van der Waals surface area contributed by atoms with Gasteiger partial charge < -0.3 is 59.4 Å². The summed E-state index contributed by atoms with van der Waals surface area (Å²) < 4.78 is 0. The summed E-state index contributed by atoms with van der Waals surface area (Å²) in [6.07, 6.45) is 0. The Hall–Kier alpha value is 0.401. The molecule has 0 fully saturated rings. The van der Waals surface area contributed by atoms with E-state index in [0.29, 0.717) is 0 Å². The van der Waals surface area contributed by atoms with Crippen molar-refractivity contribution < 1.29 is 104 Å². The molecule has 6 atom stereocenters. The summed E-state index contributed by atoms with van der Waals surface area (Å²) in [7, 11) is 0. The molecule has 0 aromatic rings. The molecular formula is C12H12Au2O12S6. The summed E-state index contributed by atoms with van der Waals surface area (Å²) in [5.41, 5.74) is 0. The number of carbonyl (C=O) groups excluding carboxylic acids is 6. The Balaban J connectivity index is -0.000000110. The molecule has 32 heavy (non-hydrogen) atoms. The van der Waals surface area contributed by atoms with Gasteiger partial charge in [0.15, 0.2) is 0 Å². The van der Waals surface area contributed by atoms with Crippen molar-refractivity contribution in [3.8, 4) is 0 Å². The zero-order chi connectivity index (χ0) is 24.9. The molecule has 0 aliphatic heterocycles. The molecule has 0 spiro atoms. The van der Waals surface area contributed by atoms with Crippen LogP contribution >= 0.6 is 75.8 Å². The first-order chi connectivity index (χ1) is 13.4. The molecular weight excluding hydrogens is 922 g/mol. The van der Waals surface area contributed by atoms with Gasteiger partial charge in [-0.05, 0) is 0 Å². The molecule has 0 aliphatic carbocycles. The number of aliphatic carboxylic acids is 6. The molecule has 0 aliphatic rings. The number of thiol groups is 6. The molecule has 0 amide bonds. The Labute approximate surface area is 245 Å². The molecule has 0 saturated heterocycles. The van der Waals surface area contributed by atoms with E-state index in [9.17, 15) is 59.4 Å². The number of carbonyl (C=O) groups is 6. The van der Waals surface area contributed by atoms with Gasteiger partial charge in [0.1, 0.15) is 0 Å². The SMILES string of the molecule is O=C([O-])C(S)C(S)C(=O)[O-].O=C([O-])C(S)C(S)C(=O)[O-].O=C([O-])C(S)C(S)C(=O)[O-].[Au+3].[Au+3]. The van der Waals surface area contributed by atoms with Gasteiger partial charge in [0.2, 0.25) is 0 Å². The van der Waals surface area contributed by atoms with Gasteiger partial charge in [0.25, 0.3) is 0 Å². The van der Waals surface area contributed by atoms with Crippen molar-refractivity contribution >= 4 is 112 Å². The molecule has 0 bridgehead atoms. The van der Waals surface area contributed by atoms with Gasteiger partial charge in [-0.15, -0.1) is 0 Å². The zero-order valence-corrected chi connectivity index (χ0v) is 24.3. The molecule has 190 valence electrons. The molecule has 0 radical (unpaired) electrons. The molecule has 6 unspecified atom stereocenters. The fraction of sp³-hybridized carbons (Fsp3) is 0.500. The van der Waals surface area contributed by atoms with Gasteiger partial charge in [0, 0.05) is 0 Å². The molecule has 0 rings (SSSR count). The van der Waals surface area contributed by atoms with Crippen LogP contribution in [0, 0.1) is 0 Å². The van der Waals surface area contributed by atoms with Crippen molar-refractivity contribution in [1.82, 2.24) is 0 Å². The van der Waals surface area contributed by atoms with E-state index in [-0.39, 0.29) is 44.8 Å². The third kappa shape index (κ3) is 19.8. The quantitative estimate of drug-likeness (QED) is 0.0935. The summed E-state index contributed by atoms with van der Waals surface area (Å²) in [6.45, 7) is 0. The summed E-state index contributed by atoms with van der Waals surface area (Å²) in [4.78, 5) is 59.5. The standard InChI is InChI=1S/3C4H6O4S2.2Au/c3*5-3(6)1(9)2(10)4(7)8;;/h3*1-2,9-10H,(H,5,6)(H,7,8);;/q;;;2*+3/p-6. The predicted octanol–water partition coefficient (Wildman–Crippen LogP) is -8.76. The van der Waals surface area contributed by atoms with E-state index in [1.807, 2.05) is 0 Å². The van der Waals surface area contributed by atoms with Gasteiger partial charge in [-0.25, -0.2) is 0 Å². The number of carboxylic acids is 6. The van der Waals surface area contributed by atoms with Crippen LogP contribution in [0.25, 0.3) is 0 Å². The maximum absolute atomic E-state index is 9.92. The largest absolute Gasteiger partial charge is 3.00 e. The van der Waals surface area contributed by atoms with Crippen molar-refractivity contribution in [3.63, 3.8) is 0 Å². The van der Waals surface area contributed by atoms with Crippen molar-refractivity contribution in [1.29, 1.82) is 0 Å². The van der Waals surface area contributed by atoms with Crippen molar-refractivity contribution in [2.75, 3.05) is 0 Å². The Bertz CT molecular complexity index is 514. The molecule has 12 nitrogen and oxygen atoms in total. The summed E-state index contributed by atoms with van der Waals surface area (Å²) in [6, 6.07) is 0. The van der Waals surface area contributed by atoms with Crippen LogP contribution in [0.3, 0.4) is 0 Å². The van der Waals surface area contributed by atoms with Gasteiger partial charge >= 0.3 is 44.8 Å². The first-order valence-electron chi connectivity index (χ1n) is 6.73. The monoisotopic (exact) mass is 934 g/mol. The Morgan fingerprint density at radius 2 is 0.406 bits per heavy atom. The minimum Gasteiger partial charge on any atom is -0.549 e. The molecule has 0 saturated carbocycles. The topological polar surface area (TPSA) is 241 Å². The van der Waals surface area contributed by atoms with Crippen LogP contribution in [0.2, 0.25) is 0 Å². The van der Waals surface area contributed by atoms with Crippen LogP contribution in [0.4, 0.5) is 0 Å². The Morgan fingerprint density at radius 1 is 0.344 bits per heavy atom. The van der Waals surface area contributed by atoms with Crippen LogP contribution in [0.5, 0.6) is 0 Å². The second kappa shape index (κ2) is 21.9. The van der Waals surface area contributed by atoms with E-state index >= 15 is 0 Å². The number of hydrogen-bond donors (Lipinski definition) is 6. The van der Waals surface area contributed by atoms with Gasteiger partial charge in [0.05, 0.1) is 67.3 Å². The predicted molar refractivity (Wildman–Crippen MR) is 107 cm³/mol. The van der Waals surface area contributed by atoms with E-state index in [0.717, 1.165) is 0 Å². The fourth-order valence-corrected chi connectivity index (χ4v) is 1.50. The van der Waals surface area contributed by atoms with Gasteiger partial charge in [-0.1, -0.05) is 0 Å². The van der Waals surface area contributed by atoms with Crippen molar-refractivity contribution in [2.24, 2.45) is 0 Å². The Kier molecular flexibility index (Phi) is 29.1. The summed E-state index contributed by atoms with van der Waals surface area (Å²) >= 11 is 20.4. The van der Waals surface area contributed by atoms with Crippen molar-refractivity contribution in [2.45, 2.75) is 31.5 Å². The number of rotatable bonds is 9. The maximum atomic E-state index is 9.92. The second-order valence-corrected chi connectivity index (χ2v) is 7.92. The van der Waals surface area contributed by atoms with E-state index < -0.39 is 67.3 Å². The molecule has 0 aromatic heterocycles. The minimum absolute atomic E-state index is 0. The fourth-order valence-electron chi connectivity index (χ4n) is 0.773. The molecule has 0 aromatic carbocycles. The normalized spacial score (nSPS) is 14.8. The Morgan fingerprint density at radius 3 is 0.438 bits per heavy atom. The first-order valence-corrected chi connectivity index (χ1v) is 9.83. The molecule has 0 N–H and O–H groups in total. The second-order valence-electron chi connectivity index (χ2n) is 4.58. The minimum atomic E-state index is -1.58. The van der Waals surface area contributed by atoms with Crippen LogP contribution < -0.4 is 30.6 Å². The number of carboxylic acid groups (broad SMARTS) is 6. The molecule has 0 heterocycles. The van der Waals surface area contributed by atoms with E-state index in [1.165, 1.54) is 0 Å². The first kappa shape index (κ1) is 42.6. The average Bonchev–Trinajstić information content (AvgIpc) is 2.64. The summed E-state index contributed by atoms with van der Waals surface area (Å²) in [5, 5.41) is 50.9. The molecule has 20 heteroatoms. The summed E-state index contributed by atoms with van der Waals surface area (Å²) in [5.74, 6) is -9.46. The van der Waals surface area contributed by atoms with Crippen LogP contribution in [-0.4, -0.2) is 67.3 Å². The van der Waals surface area contributed by atoms with Crippen LogP contribution in [0.1, 0.15) is 0 Å². The third-order valence-corrected chi connectivity index (χ3v) is 6.11. The number of hydrogen-bond acceptors (Lipinski definition) is 18. The zero-order valence-electron chi connectivity index (χ0n) is 14.6. The van der Waals surface area contributed by atoms with Gasteiger partial charge in [-0.3, -0.25) is 0 Å². The smallest absolute Gasteiger partial charge is 0.549 e. The average molecular weight is 935 g/mol. The van der Waals surface area contributed by atoms with E-state index in [4.69, 9.17) is 0 Å². The maximum Gasteiger partial charge on any atom is 3.00 e. The van der Waals surface area contributed by atoms with Crippen LogP contribution in [0.15, 0.2) is 0 Å². The van der Waals surface area contributed by atoms with Crippen molar-refractivity contribution in [3.05, 3.63) is 0 Å². The van der Waals surface area contributed by atoms with Crippen LogP contribution in [-0.2, 0) is 73.5 Å².